The van der Waals surface area contributed by atoms with Crippen LogP contribution >= 0.6 is 23.2 Å². The van der Waals surface area contributed by atoms with Gasteiger partial charge in [-0.1, -0.05) is 92.7 Å². The van der Waals surface area contributed by atoms with Crippen LogP contribution in [0.4, 0.5) is 5.95 Å². The number of unbranched alkanes of at least 4 members (excludes halogenated alkanes) is 2. The number of aldehydes is 1. The average molecular weight is 1130 g/mol. The summed E-state index contributed by atoms with van der Waals surface area (Å²) < 4.78 is 47.3. The second kappa shape index (κ2) is 31.1. The third-order valence-electron chi connectivity index (χ3n) is 14.0. The third kappa shape index (κ3) is 17.0. The number of carbonyl (C=O) groups is 1. The molecule has 5 aliphatic heterocycles. The Hall–Kier alpha value is -6.01. The van der Waals surface area contributed by atoms with Gasteiger partial charge in [-0.3, -0.25) is 9.69 Å². The summed E-state index contributed by atoms with van der Waals surface area (Å²) in [5.41, 5.74) is 6.43. The number of anilines is 1. The van der Waals surface area contributed by atoms with Gasteiger partial charge in [0, 0.05) is 76.9 Å². The fraction of sp³-hybridized carbons (Fsp3) is 0.492. The highest BCUT2D eigenvalue weighted by Crippen LogP contribution is 2.35. The normalized spacial score (nSPS) is 16.6. The van der Waals surface area contributed by atoms with Crippen LogP contribution in [0.25, 0.3) is 0 Å². The van der Waals surface area contributed by atoms with Gasteiger partial charge in [0.1, 0.15) is 55.2 Å². The van der Waals surface area contributed by atoms with Crippen LogP contribution in [0, 0.1) is 5.92 Å². The second-order valence-corrected chi connectivity index (χ2v) is 20.5. The first-order valence-corrected chi connectivity index (χ1v) is 29.0. The molecule has 0 spiro atoms. The average Bonchev–Trinajstić information content (AvgIpc) is 4.10. The molecular formula is C61H79Cl2N7O9. The first-order chi connectivity index (χ1) is 38.8. The quantitative estimate of drug-likeness (QED) is 0.0519. The number of nitrogens with one attached hydrogen (secondary N) is 1. The first kappa shape index (κ1) is 59.1. The van der Waals surface area contributed by atoms with Crippen molar-refractivity contribution >= 4 is 41.3 Å². The molecule has 0 saturated carbocycles. The van der Waals surface area contributed by atoms with Crippen molar-refractivity contribution in [1.29, 1.82) is 0 Å². The van der Waals surface area contributed by atoms with Gasteiger partial charge in [-0.05, 0) is 97.5 Å². The minimum atomic E-state index is 0.0769. The predicted molar refractivity (Wildman–Crippen MR) is 311 cm³/mol. The molecule has 4 aromatic carbocycles. The molecule has 5 aromatic rings. The van der Waals surface area contributed by atoms with Gasteiger partial charge in [0.25, 0.3) is 0 Å². The monoisotopic (exact) mass is 1120 g/mol. The molecule has 5 aliphatic rings. The van der Waals surface area contributed by atoms with Crippen molar-refractivity contribution in [2.45, 2.75) is 99.1 Å². The van der Waals surface area contributed by atoms with Gasteiger partial charge in [-0.2, -0.15) is 0 Å². The lowest BCUT2D eigenvalue weighted by atomic mass is 9.94. The van der Waals surface area contributed by atoms with E-state index in [1.807, 2.05) is 50.2 Å². The number of aromatic nitrogens is 2. The summed E-state index contributed by atoms with van der Waals surface area (Å²) in [4.78, 5) is 27.3. The first-order valence-electron chi connectivity index (χ1n) is 28.2. The molecule has 18 heteroatoms. The Morgan fingerprint density at radius 2 is 1.16 bits per heavy atom. The van der Waals surface area contributed by atoms with Gasteiger partial charge in [-0.15, -0.1) is 0 Å². The number of fused-ring (bicyclic) bond motifs is 2. The zero-order valence-electron chi connectivity index (χ0n) is 46.5. The van der Waals surface area contributed by atoms with E-state index in [1.54, 1.807) is 0 Å². The van der Waals surface area contributed by atoms with Crippen molar-refractivity contribution in [3.05, 3.63) is 129 Å². The fourth-order valence-corrected chi connectivity index (χ4v) is 10.5. The van der Waals surface area contributed by atoms with Crippen LogP contribution in [-0.2, 0) is 53.5 Å². The number of halogens is 2. The molecule has 2 saturated heterocycles. The molecule has 16 nitrogen and oxygen atoms in total. The van der Waals surface area contributed by atoms with Crippen LogP contribution in [0.1, 0.15) is 87.7 Å². The maximum atomic E-state index is 11.2. The van der Waals surface area contributed by atoms with E-state index in [0.29, 0.717) is 88.5 Å². The molecule has 1 atom stereocenters. The van der Waals surface area contributed by atoms with Crippen LogP contribution in [0.5, 0.6) is 34.5 Å². The Morgan fingerprint density at radius 1 is 0.633 bits per heavy atom. The van der Waals surface area contributed by atoms with E-state index in [1.165, 1.54) is 16.7 Å². The lowest BCUT2D eigenvalue weighted by Gasteiger charge is -2.31. The number of ether oxygens (including phenoxy) is 8. The Bertz CT molecular complexity index is 2780. The summed E-state index contributed by atoms with van der Waals surface area (Å²) in [6.45, 7) is 22.8. The van der Waals surface area contributed by atoms with Crippen molar-refractivity contribution in [2.24, 2.45) is 10.9 Å². The predicted octanol–water partition coefficient (Wildman–Crippen LogP) is 10.9. The Balaban J connectivity index is 0.000000173. The molecule has 0 bridgehead atoms. The highest BCUT2D eigenvalue weighted by molar-refractivity contribution is 6.33. The Labute approximate surface area is 476 Å². The van der Waals surface area contributed by atoms with E-state index in [2.05, 4.69) is 92.0 Å². The molecule has 0 radical (unpaired) electrons. The lowest BCUT2D eigenvalue weighted by Crippen LogP contribution is -2.43. The van der Waals surface area contributed by atoms with Crippen LogP contribution < -0.4 is 38.6 Å². The molecule has 1 N–H and O–H groups in total. The SMILES string of the molecule is CCCCC1C(N2CCOCC2)=NC(Cl)=C1C=O.CCCCn1c(N2CCOCC2)nc(Cl)c1CN(Cc1cccc(OCC)c1)Cc1ccc2c(c1)OCCO2.CCOc1cccc(CNCc2ccc3c(c2)OCCO3)c1. The number of amidine groups is 1. The number of aliphatic imine (C=N–C) groups is 1. The summed E-state index contributed by atoms with van der Waals surface area (Å²) in [6.07, 6.45) is 6.15. The lowest BCUT2D eigenvalue weighted by molar-refractivity contribution is -0.105. The van der Waals surface area contributed by atoms with Crippen molar-refractivity contribution in [3.63, 3.8) is 0 Å². The summed E-state index contributed by atoms with van der Waals surface area (Å²) in [5, 5.41) is 4.38. The molecular weight excluding hydrogens is 1050 g/mol. The number of morpholine rings is 2. The summed E-state index contributed by atoms with van der Waals surface area (Å²) in [7, 11) is 0. The molecule has 1 aromatic heterocycles. The third-order valence-corrected chi connectivity index (χ3v) is 14.6. The van der Waals surface area contributed by atoms with E-state index in [0.717, 1.165) is 155 Å². The highest BCUT2D eigenvalue weighted by Gasteiger charge is 2.33. The van der Waals surface area contributed by atoms with E-state index in [-0.39, 0.29) is 5.92 Å². The highest BCUT2D eigenvalue weighted by atomic mass is 35.5. The van der Waals surface area contributed by atoms with Gasteiger partial charge >= 0.3 is 0 Å². The largest absolute Gasteiger partial charge is 0.494 e. The maximum Gasteiger partial charge on any atom is 0.207 e. The topological polar surface area (TPSA) is 143 Å². The number of benzene rings is 4. The molecule has 6 heterocycles. The van der Waals surface area contributed by atoms with Gasteiger partial charge in [0.15, 0.2) is 28.2 Å². The van der Waals surface area contributed by atoms with E-state index in [4.69, 9.17) is 66.1 Å². The van der Waals surface area contributed by atoms with Crippen LogP contribution in [-0.4, -0.2) is 124 Å². The zero-order valence-corrected chi connectivity index (χ0v) is 48.0. The van der Waals surface area contributed by atoms with Crippen molar-refractivity contribution in [3.8, 4) is 34.5 Å². The molecule has 1 unspecified atom stereocenters. The Kier molecular flexibility index (Phi) is 23.3. The minimum absolute atomic E-state index is 0.0769. The molecule has 0 amide bonds. The Morgan fingerprint density at radius 3 is 1.76 bits per heavy atom. The standard InChI is InChI=1S/C30H39ClN4O4.C18H21NO3.C13H19ClN2O2/c1-3-5-11-35-26(29(31)32-30(35)34-12-14-36-15-13-34)22-33(20-23-7-6-8-25(18-23)37-4-2)21-24-9-10-27-28(19-24)39-17-16-38-27;1-2-20-16-5-3-4-14(10-16)12-19-13-15-6-7-17-18(11-15)22-9-8-21-17;1-2-3-4-10-11(9-17)12(14)15-13(10)16-5-7-18-8-6-16/h6-10,18-19H,3-5,11-17,20-22H2,1-2H3;3-7,10-11,19H,2,8-9,12-13H2,1H3;9-10H,2-8H2,1H3. The van der Waals surface area contributed by atoms with Gasteiger partial charge < -0.3 is 57.6 Å². The molecule has 10 rings (SSSR count). The number of nitrogens with zero attached hydrogens (tertiary/aromatic N) is 6. The molecule has 0 aliphatic carbocycles. The summed E-state index contributed by atoms with van der Waals surface area (Å²) >= 11 is 13.0. The fourth-order valence-electron chi connectivity index (χ4n) is 10.0. The molecule has 2 fully saturated rings. The number of hydrogen-bond donors (Lipinski definition) is 1. The van der Waals surface area contributed by atoms with Crippen molar-refractivity contribution in [1.82, 2.24) is 24.7 Å². The number of carbonyl (C=O) groups excluding carboxylic acids is 1. The second-order valence-electron chi connectivity index (χ2n) is 19.7. The van der Waals surface area contributed by atoms with Crippen molar-refractivity contribution in [2.75, 3.05) is 97.1 Å². The molecule has 79 heavy (non-hydrogen) atoms. The summed E-state index contributed by atoms with van der Waals surface area (Å²) in [5.74, 6) is 7.06. The van der Waals surface area contributed by atoms with Crippen molar-refractivity contribution < 1.29 is 42.7 Å². The molecule has 426 valence electrons. The van der Waals surface area contributed by atoms with Gasteiger partial charge in [0.2, 0.25) is 5.95 Å². The van der Waals surface area contributed by atoms with E-state index < -0.39 is 0 Å². The van der Waals surface area contributed by atoms with Gasteiger partial charge in [0.05, 0.1) is 45.3 Å². The van der Waals surface area contributed by atoms with Crippen LogP contribution in [0.2, 0.25) is 5.15 Å². The van der Waals surface area contributed by atoms with Gasteiger partial charge in [-0.25, -0.2) is 9.98 Å². The zero-order chi connectivity index (χ0) is 55.2. The van der Waals surface area contributed by atoms with E-state index in [9.17, 15) is 4.79 Å². The van der Waals surface area contributed by atoms with Crippen LogP contribution in [0.15, 0.2) is 101 Å². The van der Waals surface area contributed by atoms with Crippen LogP contribution in [0.3, 0.4) is 0 Å². The number of rotatable bonds is 22. The minimum Gasteiger partial charge on any atom is -0.494 e. The van der Waals surface area contributed by atoms with E-state index >= 15 is 0 Å². The maximum absolute atomic E-state index is 11.2. The number of imidazole rings is 1. The number of hydrogen-bond acceptors (Lipinski definition) is 15. The smallest absolute Gasteiger partial charge is 0.207 e. The summed E-state index contributed by atoms with van der Waals surface area (Å²) in [6, 6.07) is 28.8.